The number of hydrogen-bond donors (Lipinski definition) is 2. The fourth-order valence-corrected chi connectivity index (χ4v) is 2.00. The van der Waals surface area contributed by atoms with Crippen LogP contribution in [0.15, 0.2) is 39.7 Å². The molecule has 5 heteroatoms. The van der Waals surface area contributed by atoms with Crippen LogP contribution in [0.25, 0.3) is 11.0 Å². The lowest BCUT2D eigenvalue weighted by Gasteiger charge is -2.10. The second kappa shape index (κ2) is 8.32. The summed E-state index contributed by atoms with van der Waals surface area (Å²) in [5.41, 5.74) is 0.900. The minimum atomic E-state index is 0.513. The van der Waals surface area contributed by atoms with Gasteiger partial charge in [-0.05, 0) is 26.0 Å². The molecule has 21 heavy (non-hydrogen) atoms. The van der Waals surface area contributed by atoms with E-state index >= 15 is 0 Å². The van der Waals surface area contributed by atoms with E-state index < -0.39 is 0 Å². The van der Waals surface area contributed by atoms with Gasteiger partial charge in [0.1, 0.15) is 17.9 Å². The zero-order chi connectivity index (χ0) is 14.9. The molecular formula is C16H23N3O2. The highest BCUT2D eigenvalue weighted by Gasteiger charge is 2.03. The smallest absolute Gasteiger partial charge is 0.191 e. The molecule has 0 aliphatic carbocycles. The molecule has 2 N–H and O–H groups in total. The van der Waals surface area contributed by atoms with E-state index in [2.05, 4.69) is 15.6 Å². The Morgan fingerprint density at radius 3 is 2.86 bits per heavy atom. The van der Waals surface area contributed by atoms with Gasteiger partial charge in [0.25, 0.3) is 0 Å². The fourth-order valence-electron chi connectivity index (χ4n) is 2.00. The van der Waals surface area contributed by atoms with Gasteiger partial charge in [0, 0.05) is 25.1 Å². The Morgan fingerprint density at radius 2 is 2.10 bits per heavy atom. The number of rotatable bonds is 7. The molecule has 2 rings (SSSR count). The second-order valence-corrected chi connectivity index (χ2v) is 4.57. The van der Waals surface area contributed by atoms with Crippen molar-refractivity contribution in [1.29, 1.82) is 0 Å². The fraction of sp³-hybridized carbons (Fsp3) is 0.438. The number of para-hydroxylation sites is 1. The first-order chi connectivity index (χ1) is 10.3. The number of ether oxygens (including phenoxy) is 1. The average molecular weight is 289 g/mol. The molecule has 1 heterocycles. The van der Waals surface area contributed by atoms with Crippen LogP contribution in [0.1, 0.15) is 19.6 Å². The van der Waals surface area contributed by atoms with Crippen molar-refractivity contribution < 1.29 is 9.15 Å². The molecule has 1 aromatic heterocycles. The number of nitrogens with zero attached hydrogens (tertiary/aromatic N) is 1. The number of furan rings is 1. The summed E-state index contributed by atoms with van der Waals surface area (Å²) in [6, 6.07) is 10.0. The summed E-state index contributed by atoms with van der Waals surface area (Å²) < 4.78 is 11.1. The topological polar surface area (TPSA) is 58.8 Å². The lowest BCUT2D eigenvalue weighted by molar-refractivity contribution is 0.152. The third kappa shape index (κ3) is 4.79. The van der Waals surface area contributed by atoms with Gasteiger partial charge in [-0.1, -0.05) is 18.2 Å². The molecule has 0 bridgehead atoms. The molecule has 0 atom stereocenters. The van der Waals surface area contributed by atoms with Crippen LogP contribution < -0.4 is 10.6 Å². The molecule has 0 saturated heterocycles. The van der Waals surface area contributed by atoms with E-state index in [1.807, 2.05) is 44.2 Å². The molecule has 1 aromatic carbocycles. The van der Waals surface area contributed by atoms with E-state index in [4.69, 9.17) is 9.15 Å². The van der Waals surface area contributed by atoms with Crippen molar-refractivity contribution in [1.82, 2.24) is 10.6 Å². The number of fused-ring (bicyclic) bond motifs is 1. The van der Waals surface area contributed by atoms with Gasteiger partial charge in [0.05, 0.1) is 6.61 Å². The second-order valence-electron chi connectivity index (χ2n) is 4.57. The Morgan fingerprint density at radius 1 is 1.24 bits per heavy atom. The molecule has 0 radical (unpaired) electrons. The normalized spacial score (nSPS) is 11.8. The molecule has 0 fully saturated rings. The van der Waals surface area contributed by atoms with Crippen molar-refractivity contribution >= 4 is 16.9 Å². The Hall–Kier alpha value is -2.01. The maximum absolute atomic E-state index is 5.75. The van der Waals surface area contributed by atoms with Crippen molar-refractivity contribution in [3.05, 3.63) is 36.1 Å². The minimum absolute atomic E-state index is 0.513. The van der Waals surface area contributed by atoms with E-state index in [1.54, 1.807) is 0 Å². The van der Waals surface area contributed by atoms with Gasteiger partial charge in [-0.25, -0.2) is 4.99 Å². The summed E-state index contributed by atoms with van der Waals surface area (Å²) in [6.07, 6.45) is 0. The van der Waals surface area contributed by atoms with Gasteiger partial charge in [0.2, 0.25) is 0 Å². The predicted molar refractivity (Wildman–Crippen MR) is 85.5 cm³/mol. The van der Waals surface area contributed by atoms with Crippen LogP contribution in [-0.2, 0) is 11.3 Å². The maximum atomic E-state index is 5.75. The van der Waals surface area contributed by atoms with Crippen molar-refractivity contribution in [3.63, 3.8) is 0 Å². The number of aliphatic imine (C=N–C) groups is 1. The molecule has 0 aliphatic rings. The molecule has 2 aromatic rings. The van der Waals surface area contributed by atoms with Gasteiger partial charge in [0.15, 0.2) is 5.96 Å². The van der Waals surface area contributed by atoms with Crippen molar-refractivity contribution in [3.8, 4) is 0 Å². The summed E-state index contributed by atoms with van der Waals surface area (Å²) in [6.45, 7) is 7.50. The lowest BCUT2D eigenvalue weighted by Crippen LogP contribution is -2.38. The molecule has 0 aliphatic heterocycles. The molecule has 0 amide bonds. The lowest BCUT2D eigenvalue weighted by atomic mass is 10.2. The van der Waals surface area contributed by atoms with Crippen LogP contribution in [0.4, 0.5) is 0 Å². The Kier molecular flexibility index (Phi) is 6.09. The van der Waals surface area contributed by atoms with Gasteiger partial charge in [-0.2, -0.15) is 0 Å². The summed E-state index contributed by atoms with van der Waals surface area (Å²) in [5, 5.41) is 7.55. The zero-order valence-corrected chi connectivity index (χ0v) is 12.7. The molecule has 0 spiro atoms. The predicted octanol–water partition coefficient (Wildman–Crippen LogP) is 2.52. The zero-order valence-electron chi connectivity index (χ0n) is 12.7. The third-order valence-electron chi connectivity index (χ3n) is 2.96. The van der Waals surface area contributed by atoms with Crippen LogP contribution in [0, 0.1) is 0 Å². The quantitative estimate of drug-likeness (QED) is 0.467. The largest absolute Gasteiger partial charge is 0.459 e. The van der Waals surface area contributed by atoms with Crippen molar-refractivity contribution in [2.24, 2.45) is 4.99 Å². The summed E-state index contributed by atoms with van der Waals surface area (Å²) >= 11 is 0. The molecular weight excluding hydrogens is 266 g/mol. The Labute approximate surface area is 125 Å². The number of benzene rings is 1. The van der Waals surface area contributed by atoms with E-state index in [9.17, 15) is 0 Å². The van der Waals surface area contributed by atoms with E-state index in [0.29, 0.717) is 13.2 Å². The number of hydrogen-bond acceptors (Lipinski definition) is 3. The molecule has 114 valence electrons. The molecule has 0 saturated carbocycles. The van der Waals surface area contributed by atoms with Gasteiger partial charge in [-0.3, -0.25) is 0 Å². The van der Waals surface area contributed by atoms with Gasteiger partial charge < -0.3 is 19.8 Å². The summed E-state index contributed by atoms with van der Waals surface area (Å²) in [4.78, 5) is 4.52. The number of nitrogens with one attached hydrogen (secondary N) is 2. The summed E-state index contributed by atoms with van der Waals surface area (Å²) in [5.74, 6) is 1.64. The maximum Gasteiger partial charge on any atom is 0.191 e. The highest BCUT2D eigenvalue weighted by atomic mass is 16.5. The SMILES string of the molecule is CCNC(=NCc1cc2ccccc2o1)NCCOCC. The number of guanidine groups is 1. The Balaban J connectivity index is 1.94. The first-order valence-electron chi connectivity index (χ1n) is 7.41. The van der Waals surface area contributed by atoms with E-state index in [1.165, 1.54) is 0 Å². The first-order valence-corrected chi connectivity index (χ1v) is 7.41. The van der Waals surface area contributed by atoms with Crippen LogP contribution in [0.3, 0.4) is 0 Å². The van der Waals surface area contributed by atoms with Crippen LogP contribution in [0.5, 0.6) is 0 Å². The Bertz CT molecular complexity index is 545. The van der Waals surface area contributed by atoms with Gasteiger partial charge >= 0.3 is 0 Å². The first kappa shape index (κ1) is 15.4. The molecule has 0 unspecified atom stereocenters. The minimum Gasteiger partial charge on any atom is -0.459 e. The van der Waals surface area contributed by atoms with Crippen LogP contribution in [0.2, 0.25) is 0 Å². The molecule has 5 nitrogen and oxygen atoms in total. The monoisotopic (exact) mass is 289 g/mol. The highest BCUT2D eigenvalue weighted by Crippen LogP contribution is 2.19. The van der Waals surface area contributed by atoms with Gasteiger partial charge in [-0.15, -0.1) is 0 Å². The van der Waals surface area contributed by atoms with Crippen LogP contribution in [-0.4, -0.2) is 32.3 Å². The van der Waals surface area contributed by atoms with E-state index in [-0.39, 0.29) is 0 Å². The van der Waals surface area contributed by atoms with Crippen LogP contribution >= 0.6 is 0 Å². The third-order valence-corrected chi connectivity index (χ3v) is 2.96. The highest BCUT2D eigenvalue weighted by molar-refractivity contribution is 5.80. The van der Waals surface area contributed by atoms with Crippen molar-refractivity contribution in [2.45, 2.75) is 20.4 Å². The van der Waals surface area contributed by atoms with E-state index in [0.717, 1.165) is 42.4 Å². The average Bonchev–Trinajstić information content (AvgIpc) is 2.92. The standard InChI is InChI=1S/C16H23N3O2/c1-3-17-16(18-9-10-20-4-2)19-12-14-11-13-7-5-6-8-15(13)21-14/h5-8,11H,3-4,9-10,12H2,1-2H3,(H2,17,18,19). The summed E-state index contributed by atoms with van der Waals surface area (Å²) in [7, 11) is 0. The van der Waals surface area contributed by atoms with Crippen molar-refractivity contribution in [2.75, 3.05) is 26.3 Å².